The number of phosphoric acid groups is 2. The summed E-state index contributed by atoms with van der Waals surface area (Å²) in [4.78, 5) is 43.1. The third-order valence-corrected chi connectivity index (χ3v) is 0. The molecule has 0 aliphatic rings. The predicted octanol–water partition coefficient (Wildman–Crippen LogP) is -3.71. The van der Waals surface area contributed by atoms with Crippen molar-refractivity contribution in [2.75, 3.05) is 0 Å². The monoisotopic (exact) mass is 250 g/mol. The summed E-state index contributed by atoms with van der Waals surface area (Å²) < 4.78 is 17.8. The third kappa shape index (κ3) is 1120. The first-order valence-electron chi connectivity index (χ1n) is 2.57. The van der Waals surface area contributed by atoms with Crippen LogP contribution < -0.4 is 29.6 Å². The van der Waals surface area contributed by atoms with Crippen molar-refractivity contribution in [3.8, 4) is 0 Å². The summed E-state index contributed by atoms with van der Waals surface area (Å²) in [6.07, 6.45) is 0. The van der Waals surface area contributed by atoms with Crippen LogP contribution in [-0.4, -0.2) is 29.4 Å². The molecule has 0 aliphatic heterocycles. The van der Waals surface area contributed by atoms with Crippen molar-refractivity contribution in [1.29, 1.82) is 0 Å². The Morgan fingerprint density at radius 3 is 0.769 bits per heavy atom. The maximum atomic E-state index is 8.88. The van der Waals surface area contributed by atoms with Crippen LogP contribution in [0.4, 0.5) is 0 Å². The van der Waals surface area contributed by atoms with E-state index < -0.39 is 15.6 Å². The van der Waals surface area contributed by atoms with Gasteiger partial charge in [-0.25, -0.2) is 9.13 Å². The molecule has 0 rings (SSSR count). The van der Waals surface area contributed by atoms with Crippen molar-refractivity contribution in [2.24, 2.45) is 0 Å². The molecule has 0 radical (unpaired) electrons. The molecular formula is C2H13NaO8P2. The van der Waals surface area contributed by atoms with E-state index in [1.54, 1.807) is 0 Å². The van der Waals surface area contributed by atoms with Gasteiger partial charge in [-0.2, -0.15) is 0 Å². The van der Waals surface area contributed by atoms with Crippen molar-refractivity contribution in [2.45, 2.75) is 13.8 Å². The molecule has 0 bridgehead atoms. The Morgan fingerprint density at radius 1 is 0.769 bits per heavy atom. The van der Waals surface area contributed by atoms with Crippen LogP contribution in [0.25, 0.3) is 0 Å². The van der Waals surface area contributed by atoms with Gasteiger partial charge in [-0.3, -0.25) is 0 Å². The van der Waals surface area contributed by atoms with Crippen LogP contribution in [0.1, 0.15) is 15.3 Å². The van der Waals surface area contributed by atoms with Crippen LogP contribution in [0.3, 0.4) is 0 Å². The fourth-order valence-electron chi connectivity index (χ4n) is 0. The van der Waals surface area contributed by atoms with E-state index in [2.05, 4.69) is 0 Å². The molecule has 0 aromatic rings. The van der Waals surface area contributed by atoms with Gasteiger partial charge < -0.3 is 30.8 Å². The van der Waals surface area contributed by atoms with E-state index in [9.17, 15) is 0 Å². The Hall–Kier alpha value is 1.22. The van der Waals surface area contributed by atoms with E-state index in [0.717, 1.165) is 0 Å². The van der Waals surface area contributed by atoms with Gasteiger partial charge in [0.05, 0.1) is 0 Å². The molecule has 13 heavy (non-hydrogen) atoms. The molecule has 0 aromatic heterocycles. The Labute approximate surface area is 98.9 Å². The van der Waals surface area contributed by atoms with Crippen LogP contribution in [-0.2, 0) is 9.13 Å². The Balaban J connectivity index is -0.0000000292. The zero-order chi connectivity index (χ0) is 11.0. The average Bonchev–Trinajstić information content (AvgIpc) is 1.59. The Bertz CT molecular complexity index is 138. The first-order chi connectivity index (χ1) is 5.00. The van der Waals surface area contributed by atoms with Gasteiger partial charge in [0.15, 0.2) is 0 Å². The molecule has 0 aliphatic carbocycles. The first-order valence-corrected chi connectivity index (χ1v) is 5.70. The molecule has 0 amide bonds. The summed E-state index contributed by atoms with van der Waals surface area (Å²) in [7, 11) is -9.28. The molecule has 0 fully saturated rings. The third-order valence-electron chi connectivity index (χ3n) is 0. The van der Waals surface area contributed by atoms with E-state index in [1.165, 1.54) is 0 Å². The minimum atomic E-state index is -4.64. The van der Waals surface area contributed by atoms with Crippen molar-refractivity contribution < 1.29 is 69.5 Å². The van der Waals surface area contributed by atoms with Crippen molar-refractivity contribution in [1.82, 2.24) is 0 Å². The topological polar surface area (TPSA) is 156 Å². The van der Waals surface area contributed by atoms with E-state index in [1.807, 2.05) is 13.8 Å². The SMILES string of the molecule is CC.O=P(O)(O)O.O=P(O)(O)O.[H-].[Na+]. The second kappa shape index (κ2) is 11.3. The van der Waals surface area contributed by atoms with E-state index in [0.29, 0.717) is 0 Å². The summed E-state index contributed by atoms with van der Waals surface area (Å²) in [5.41, 5.74) is 0. The van der Waals surface area contributed by atoms with Crippen molar-refractivity contribution in [3.63, 3.8) is 0 Å². The largest absolute Gasteiger partial charge is 1.00 e. The second-order valence-corrected chi connectivity index (χ2v) is 3.08. The van der Waals surface area contributed by atoms with Gasteiger partial charge in [0.25, 0.3) is 0 Å². The molecule has 0 saturated carbocycles. The Kier molecular flexibility index (Phi) is 20.7. The zero-order valence-electron chi connectivity index (χ0n) is 8.39. The summed E-state index contributed by atoms with van der Waals surface area (Å²) in [6, 6.07) is 0. The van der Waals surface area contributed by atoms with Crippen LogP contribution >= 0.6 is 15.6 Å². The van der Waals surface area contributed by atoms with Gasteiger partial charge in [-0.1, -0.05) is 13.8 Å². The predicted molar refractivity (Wildman–Crippen MR) is 41.0 cm³/mol. The molecule has 0 spiro atoms. The zero-order valence-corrected chi connectivity index (χ0v) is 11.2. The fourth-order valence-corrected chi connectivity index (χ4v) is 0. The Morgan fingerprint density at radius 2 is 0.769 bits per heavy atom. The molecule has 0 saturated heterocycles. The summed E-state index contributed by atoms with van der Waals surface area (Å²) in [5.74, 6) is 0. The number of hydrogen-bond acceptors (Lipinski definition) is 2. The van der Waals surface area contributed by atoms with Gasteiger partial charge in [0.1, 0.15) is 0 Å². The van der Waals surface area contributed by atoms with Crippen LogP contribution in [0.2, 0.25) is 0 Å². The van der Waals surface area contributed by atoms with E-state index >= 15 is 0 Å². The van der Waals surface area contributed by atoms with Gasteiger partial charge in [0, 0.05) is 0 Å². The summed E-state index contributed by atoms with van der Waals surface area (Å²) in [6.45, 7) is 4.00. The second-order valence-electron chi connectivity index (χ2n) is 1.03. The van der Waals surface area contributed by atoms with E-state index in [-0.39, 0.29) is 31.0 Å². The molecule has 0 heterocycles. The maximum Gasteiger partial charge on any atom is 1.00 e. The average molecular weight is 250 g/mol. The molecule has 6 N–H and O–H groups in total. The molecule has 0 atom stereocenters. The minimum absolute atomic E-state index is 0. The van der Waals surface area contributed by atoms with Gasteiger partial charge in [0.2, 0.25) is 0 Å². The molecule has 0 unspecified atom stereocenters. The minimum Gasteiger partial charge on any atom is -1.00 e. The van der Waals surface area contributed by atoms with Gasteiger partial charge in [-0.05, 0) is 0 Å². The van der Waals surface area contributed by atoms with Crippen LogP contribution in [0.15, 0.2) is 0 Å². The van der Waals surface area contributed by atoms with Gasteiger partial charge >= 0.3 is 45.2 Å². The smallest absolute Gasteiger partial charge is 1.00 e. The van der Waals surface area contributed by atoms with Crippen molar-refractivity contribution in [3.05, 3.63) is 0 Å². The van der Waals surface area contributed by atoms with Crippen molar-refractivity contribution >= 4 is 15.6 Å². The van der Waals surface area contributed by atoms with E-state index in [4.69, 9.17) is 38.5 Å². The fraction of sp³-hybridized carbons (Fsp3) is 1.00. The summed E-state index contributed by atoms with van der Waals surface area (Å²) in [5, 5.41) is 0. The quantitative estimate of drug-likeness (QED) is 0.189. The summed E-state index contributed by atoms with van der Waals surface area (Å²) >= 11 is 0. The number of hydrogen-bond donors (Lipinski definition) is 6. The molecule has 0 aromatic carbocycles. The standard InChI is InChI=1S/C2H6.Na.2H3O4P.H/c1-2;;2*1-5(2,3)4;/h1-2H3;;2*(H3,1,2,3,4);/q;+1;;;-1. The maximum absolute atomic E-state index is 8.88. The molecule has 8 nitrogen and oxygen atoms in total. The van der Waals surface area contributed by atoms with Crippen LogP contribution in [0, 0.1) is 0 Å². The normalized spacial score (nSPS) is 9.54. The van der Waals surface area contributed by atoms with Crippen LogP contribution in [0.5, 0.6) is 0 Å². The molecule has 80 valence electrons. The molecule has 11 heteroatoms. The first kappa shape index (κ1) is 23.8. The molecular weight excluding hydrogens is 237 g/mol. The number of rotatable bonds is 0. The van der Waals surface area contributed by atoms with Gasteiger partial charge in [-0.15, -0.1) is 0 Å².